The van der Waals surface area contributed by atoms with Gasteiger partial charge in [-0.1, -0.05) is 62.9 Å². The molecule has 1 heterocycles. The maximum absolute atomic E-state index is 8.85. The first kappa shape index (κ1) is 15.3. The lowest BCUT2D eigenvalue weighted by Gasteiger charge is -2.28. The summed E-state index contributed by atoms with van der Waals surface area (Å²) in [7, 11) is -0.399. The molecule has 0 bridgehead atoms. The van der Waals surface area contributed by atoms with E-state index in [0.29, 0.717) is 0 Å². The van der Waals surface area contributed by atoms with Crippen molar-refractivity contribution in [1.82, 2.24) is 0 Å². The second-order valence-electron chi connectivity index (χ2n) is 6.30. The van der Waals surface area contributed by atoms with Crippen molar-refractivity contribution in [2.24, 2.45) is 0 Å². The molecule has 0 atom stereocenters. The third-order valence-corrected chi connectivity index (χ3v) is 8.35. The SMILES string of the molecule is CCCCCC[SiH]1CCC(c2ccc(C#N)cc2)CC1. The zero-order valence-electron chi connectivity index (χ0n) is 12.8. The maximum Gasteiger partial charge on any atom is 0.0991 e. The summed E-state index contributed by atoms with van der Waals surface area (Å²) < 4.78 is 0. The van der Waals surface area contributed by atoms with Crippen molar-refractivity contribution in [2.75, 3.05) is 0 Å². The van der Waals surface area contributed by atoms with Crippen LogP contribution in [-0.4, -0.2) is 8.80 Å². The zero-order valence-corrected chi connectivity index (χ0v) is 13.9. The molecule has 2 rings (SSSR count). The highest BCUT2D eigenvalue weighted by Crippen LogP contribution is 2.35. The predicted molar refractivity (Wildman–Crippen MR) is 88.8 cm³/mol. The number of unbranched alkanes of at least 4 members (excludes halogenated alkanes) is 3. The Labute approximate surface area is 125 Å². The summed E-state index contributed by atoms with van der Waals surface area (Å²) in [5.74, 6) is 0.766. The third-order valence-electron chi connectivity index (χ3n) is 4.82. The number of rotatable bonds is 6. The van der Waals surface area contributed by atoms with E-state index < -0.39 is 8.80 Å². The van der Waals surface area contributed by atoms with Gasteiger partial charge in [-0.05, 0) is 36.5 Å². The Morgan fingerprint density at radius 2 is 1.80 bits per heavy atom. The van der Waals surface area contributed by atoms with Crippen LogP contribution in [0.1, 0.15) is 62.5 Å². The van der Waals surface area contributed by atoms with Gasteiger partial charge in [-0.3, -0.25) is 0 Å². The highest BCUT2D eigenvalue weighted by Gasteiger charge is 2.22. The van der Waals surface area contributed by atoms with Crippen molar-refractivity contribution in [3.63, 3.8) is 0 Å². The average molecular weight is 286 g/mol. The minimum atomic E-state index is -0.399. The number of hydrogen-bond donors (Lipinski definition) is 0. The molecule has 0 N–H and O–H groups in total. The van der Waals surface area contributed by atoms with Crippen molar-refractivity contribution in [1.29, 1.82) is 5.26 Å². The molecule has 1 fully saturated rings. The monoisotopic (exact) mass is 285 g/mol. The van der Waals surface area contributed by atoms with Crippen LogP contribution < -0.4 is 0 Å². The number of hydrogen-bond acceptors (Lipinski definition) is 1. The summed E-state index contributed by atoms with van der Waals surface area (Å²) in [5, 5.41) is 8.85. The molecule has 1 aliphatic rings. The second-order valence-corrected chi connectivity index (χ2v) is 9.76. The molecule has 0 aliphatic carbocycles. The molecule has 1 saturated heterocycles. The molecule has 0 spiro atoms. The summed E-state index contributed by atoms with van der Waals surface area (Å²) in [4.78, 5) is 0. The Morgan fingerprint density at radius 1 is 1.10 bits per heavy atom. The van der Waals surface area contributed by atoms with Gasteiger partial charge in [0.1, 0.15) is 0 Å². The molecule has 2 heteroatoms. The van der Waals surface area contributed by atoms with Crippen LogP contribution >= 0.6 is 0 Å². The van der Waals surface area contributed by atoms with Gasteiger partial charge in [-0.15, -0.1) is 0 Å². The number of benzene rings is 1. The fraction of sp³-hybridized carbons (Fsp3) is 0.611. The van der Waals surface area contributed by atoms with Crippen molar-refractivity contribution in [3.05, 3.63) is 35.4 Å². The Bertz CT molecular complexity index is 424. The first-order valence-corrected chi connectivity index (χ1v) is 10.8. The lowest BCUT2D eigenvalue weighted by molar-refractivity contribution is 0.602. The van der Waals surface area contributed by atoms with Gasteiger partial charge < -0.3 is 0 Å². The van der Waals surface area contributed by atoms with Crippen molar-refractivity contribution in [3.8, 4) is 6.07 Å². The van der Waals surface area contributed by atoms with Crippen LogP contribution in [0.15, 0.2) is 24.3 Å². The predicted octanol–water partition coefficient (Wildman–Crippen LogP) is 5.24. The summed E-state index contributed by atoms with van der Waals surface area (Å²) in [6, 6.07) is 15.2. The topological polar surface area (TPSA) is 23.8 Å². The van der Waals surface area contributed by atoms with E-state index in [0.717, 1.165) is 11.5 Å². The van der Waals surface area contributed by atoms with E-state index in [1.54, 1.807) is 6.04 Å². The molecular weight excluding hydrogens is 258 g/mol. The largest absolute Gasteiger partial charge is 0.192 e. The summed E-state index contributed by atoms with van der Waals surface area (Å²) in [6.45, 7) is 2.29. The minimum absolute atomic E-state index is 0.399. The first-order valence-electron chi connectivity index (χ1n) is 8.33. The van der Waals surface area contributed by atoms with Gasteiger partial charge in [0, 0.05) is 8.80 Å². The smallest absolute Gasteiger partial charge is 0.0991 e. The highest BCUT2D eigenvalue weighted by atomic mass is 28.3. The first-order chi connectivity index (χ1) is 9.83. The van der Waals surface area contributed by atoms with Gasteiger partial charge in [0.05, 0.1) is 11.6 Å². The summed E-state index contributed by atoms with van der Waals surface area (Å²) in [6.07, 6.45) is 8.53. The van der Waals surface area contributed by atoms with Crippen LogP contribution in [0.4, 0.5) is 0 Å². The second kappa shape index (κ2) is 8.27. The van der Waals surface area contributed by atoms with E-state index in [2.05, 4.69) is 25.1 Å². The van der Waals surface area contributed by atoms with E-state index in [9.17, 15) is 0 Å². The van der Waals surface area contributed by atoms with Gasteiger partial charge in [0.2, 0.25) is 0 Å². The quantitative estimate of drug-likeness (QED) is 0.518. The molecule has 108 valence electrons. The van der Waals surface area contributed by atoms with Crippen LogP contribution in [0.3, 0.4) is 0 Å². The van der Waals surface area contributed by atoms with Gasteiger partial charge in [0.15, 0.2) is 0 Å². The molecule has 1 aromatic rings. The maximum atomic E-state index is 8.85. The summed E-state index contributed by atoms with van der Waals surface area (Å²) in [5.41, 5.74) is 2.25. The van der Waals surface area contributed by atoms with E-state index in [1.165, 1.54) is 56.2 Å². The molecule has 0 saturated carbocycles. The van der Waals surface area contributed by atoms with E-state index in [4.69, 9.17) is 5.26 Å². The third kappa shape index (κ3) is 4.49. The highest BCUT2D eigenvalue weighted by molar-refractivity contribution is 6.59. The van der Waals surface area contributed by atoms with Gasteiger partial charge in [-0.2, -0.15) is 5.26 Å². The number of nitrogens with zero attached hydrogens (tertiary/aromatic N) is 1. The average Bonchev–Trinajstić information content (AvgIpc) is 2.52. The number of nitriles is 1. The zero-order chi connectivity index (χ0) is 14.2. The minimum Gasteiger partial charge on any atom is -0.192 e. The summed E-state index contributed by atoms with van der Waals surface area (Å²) >= 11 is 0. The Hall–Kier alpha value is -1.07. The molecular formula is C18H27NSi. The lowest BCUT2D eigenvalue weighted by Crippen LogP contribution is -2.20. The van der Waals surface area contributed by atoms with Gasteiger partial charge in [-0.25, -0.2) is 0 Å². The van der Waals surface area contributed by atoms with E-state index in [-0.39, 0.29) is 0 Å². The van der Waals surface area contributed by atoms with Crippen molar-refractivity contribution in [2.45, 2.75) is 69.5 Å². The van der Waals surface area contributed by atoms with Gasteiger partial charge >= 0.3 is 0 Å². The normalized spacial score (nSPS) is 22.4. The molecule has 0 aromatic heterocycles. The molecule has 1 aliphatic heterocycles. The van der Waals surface area contributed by atoms with Crippen molar-refractivity contribution < 1.29 is 0 Å². The molecule has 0 amide bonds. The Kier molecular flexibility index (Phi) is 6.33. The molecule has 20 heavy (non-hydrogen) atoms. The van der Waals surface area contributed by atoms with Gasteiger partial charge in [0.25, 0.3) is 0 Å². The molecule has 0 radical (unpaired) electrons. The van der Waals surface area contributed by atoms with E-state index >= 15 is 0 Å². The van der Waals surface area contributed by atoms with Crippen LogP contribution in [0.25, 0.3) is 0 Å². The van der Waals surface area contributed by atoms with Crippen LogP contribution in [0.5, 0.6) is 0 Å². The fourth-order valence-electron chi connectivity index (χ4n) is 3.47. The Balaban J connectivity index is 1.74. The van der Waals surface area contributed by atoms with Crippen molar-refractivity contribution >= 4 is 8.80 Å². The standard InChI is InChI=1S/C18H27NSi/c1-2-3-4-5-12-20-13-10-18(11-14-20)17-8-6-16(15-19)7-9-17/h6-9,18,20H,2-5,10-14H2,1H3. The van der Waals surface area contributed by atoms with E-state index in [1.807, 2.05) is 12.1 Å². The fourth-order valence-corrected chi connectivity index (χ4v) is 6.95. The molecule has 1 aromatic carbocycles. The van der Waals surface area contributed by atoms with Crippen LogP contribution in [-0.2, 0) is 0 Å². The lowest BCUT2D eigenvalue weighted by atomic mass is 9.93. The Morgan fingerprint density at radius 3 is 2.40 bits per heavy atom. The molecule has 1 nitrogen and oxygen atoms in total. The van der Waals surface area contributed by atoms with Crippen LogP contribution in [0, 0.1) is 11.3 Å². The van der Waals surface area contributed by atoms with Crippen LogP contribution in [0.2, 0.25) is 18.1 Å². The molecule has 0 unspecified atom stereocenters.